The minimum atomic E-state index is -4.97. The molecule has 4 N–H and O–H groups in total. The van der Waals surface area contributed by atoms with Gasteiger partial charge in [0.2, 0.25) is 0 Å². The summed E-state index contributed by atoms with van der Waals surface area (Å²) in [4.78, 5) is -0.852. The van der Waals surface area contributed by atoms with Gasteiger partial charge in [-0.15, -0.1) is 30.1 Å². The van der Waals surface area contributed by atoms with Crippen molar-refractivity contribution in [2.75, 3.05) is 28.8 Å². The van der Waals surface area contributed by atoms with Crippen molar-refractivity contribution in [1.82, 2.24) is 0 Å². The Balaban J connectivity index is -0.0000000962. The van der Waals surface area contributed by atoms with Crippen molar-refractivity contribution in [3.8, 4) is 23.0 Å². The zero-order valence-corrected chi connectivity index (χ0v) is 37.6. The van der Waals surface area contributed by atoms with Crippen molar-refractivity contribution in [3.05, 3.63) is 41.3 Å². The molecule has 0 aliphatic rings. The van der Waals surface area contributed by atoms with E-state index in [1.165, 1.54) is 13.8 Å². The molecule has 0 atom stereocenters. The SMILES string of the molecule is C.C.C.Cc1cc(O)c(C(F)(F)F)cc1O.O=S(=O)([O-])CCS.O=S(=O)=O.[CH2-]CSc1c(C)c(O)c(SCCS(=O)(=O)[O-])c(C(F)(F)F)c1O.[Na+].[Na+].[Na+]. The van der Waals surface area contributed by atoms with E-state index in [2.05, 4.69) is 19.6 Å². The second kappa shape index (κ2) is 31.7. The first-order valence-electron chi connectivity index (χ1n) is 11.6. The zero-order valence-electron chi connectivity index (χ0n) is 26.6. The Hall–Kier alpha value is 0.710. The van der Waals surface area contributed by atoms with E-state index in [0.717, 1.165) is 17.8 Å². The van der Waals surface area contributed by atoms with Crippen molar-refractivity contribution in [2.24, 2.45) is 0 Å². The number of phenolic OH excluding ortho intramolecular Hbond substituents is 4. The number of benzene rings is 2. The van der Waals surface area contributed by atoms with Crippen LogP contribution < -0.4 is 88.7 Å². The quantitative estimate of drug-likeness (QED) is 0.0333. The van der Waals surface area contributed by atoms with E-state index in [0.29, 0.717) is 17.8 Å². The molecule has 2 rings (SSSR count). The molecule has 0 aliphatic carbocycles. The number of phenols is 4. The average Bonchev–Trinajstić information content (AvgIpc) is 2.84. The van der Waals surface area contributed by atoms with E-state index < -0.39 is 93.7 Å². The molecule has 0 unspecified atom stereocenters. The van der Waals surface area contributed by atoms with Crippen LogP contribution in [0.2, 0.25) is 0 Å². The van der Waals surface area contributed by atoms with Crippen LogP contribution >= 0.6 is 36.2 Å². The average molecular weight is 921 g/mol. The van der Waals surface area contributed by atoms with Crippen LogP contribution in [0.25, 0.3) is 0 Å². The summed E-state index contributed by atoms with van der Waals surface area (Å²) in [5.41, 5.74) is -2.46. The Morgan fingerprint density at radius 2 is 1.17 bits per heavy atom. The topological polar surface area (TPSA) is 247 Å². The number of hydrogen-bond donors (Lipinski definition) is 5. The Labute approximate surface area is 387 Å². The van der Waals surface area contributed by atoms with Gasteiger partial charge in [-0.2, -0.15) is 50.7 Å². The Morgan fingerprint density at radius 1 is 0.755 bits per heavy atom. The Bertz CT molecular complexity index is 1690. The number of rotatable bonds is 8. The molecule has 0 amide bonds. The van der Waals surface area contributed by atoms with Crippen LogP contribution in [-0.4, -0.2) is 87.8 Å². The van der Waals surface area contributed by atoms with Crippen molar-refractivity contribution in [2.45, 2.75) is 58.3 Å². The van der Waals surface area contributed by atoms with Crippen LogP contribution in [0.5, 0.6) is 23.0 Å². The smallest absolute Gasteiger partial charge is 0.748 e. The van der Waals surface area contributed by atoms with Gasteiger partial charge in [0, 0.05) is 28.6 Å². The minimum absolute atomic E-state index is 0. The van der Waals surface area contributed by atoms with Gasteiger partial charge in [-0.1, -0.05) is 22.3 Å². The molecule has 0 saturated heterocycles. The summed E-state index contributed by atoms with van der Waals surface area (Å²) in [5.74, 6) is -4.64. The summed E-state index contributed by atoms with van der Waals surface area (Å²) >= 11 is 4.72. The Morgan fingerprint density at radius 3 is 1.47 bits per heavy atom. The van der Waals surface area contributed by atoms with Gasteiger partial charge in [0.15, 0.2) is 0 Å². The number of thioether (sulfide) groups is 2. The summed E-state index contributed by atoms with van der Waals surface area (Å²) in [6.07, 6.45) is -9.61. The summed E-state index contributed by atoms with van der Waals surface area (Å²) in [7, 11) is -11.7. The van der Waals surface area contributed by atoms with Gasteiger partial charge in [0.25, 0.3) is 0 Å². The maximum absolute atomic E-state index is 13.2. The van der Waals surface area contributed by atoms with Crippen LogP contribution in [0.4, 0.5) is 26.3 Å². The zero-order chi connectivity index (χ0) is 37.7. The number of hydrogen-bond acceptors (Lipinski definition) is 16. The molecule has 296 valence electrons. The molecule has 0 spiro atoms. The summed E-state index contributed by atoms with van der Waals surface area (Å²) in [5, 5.41) is 37.8. The molecule has 0 aromatic heterocycles. The van der Waals surface area contributed by atoms with E-state index in [9.17, 15) is 62.5 Å². The molecule has 28 heteroatoms. The normalized spacial score (nSPS) is 10.3. The van der Waals surface area contributed by atoms with E-state index in [1.54, 1.807) is 0 Å². The predicted octanol–water partition coefficient (Wildman–Crippen LogP) is -3.21. The molecule has 2 aromatic rings. The molecule has 0 aliphatic heterocycles. The van der Waals surface area contributed by atoms with Crippen LogP contribution in [0.15, 0.2) is 21.9 Å². The van der Waals surface area contributed by atoms with Crippen LogP contribution in [0, 0.1) is 20.8 Å². The van der Waals surface area contributed by atoms with Gasteiger partial charge in [-0.05, 0) is 31.5 Å². The standard InChI is InChI=1S/C12H14F3O5S3.C8H7F3O2.C2H6O3S2.3CH4.3Na.O3S/c1-3-21-10-6(2)8(16)11(22-4-5-23(18,19)20)7(9(10)17)12(13,14)15;1-4-2-7(13)5(3-6(4)12)8(9,10)11;3-7(4,5)2-1-6;;;;;;;1-4(2)3/h16-17H,1,3-5H2,2H3,(H,18,19,20);2-3,12-13H,1H3;6H,1-2H2,(H,3,4,5);3*1H4;;;;/q-1;;;;;;3*+1;/p-2. The molecule has 0 heterocycles. The molecule has 53 heavy (non-hydrogen) atoms. The van der Waals surface area contributed by atoms with Crippen molar-refractivity contribution < 1.29 is 174 Å². The number of aryl methyl sites for hydroxylation is 1. The fourth-order valence-corrected chi connectivity index (χ4v) is 6.39. The van der Waals surface area contributed by atoms with Crippen LogP contribution in [0.3, 0.4) is 0 Å². The first-order chi connectivity index (χ1) is 21.0. The van der Waals surface area contributed by atoms with Gasteiger partial charge in [-0.25, -0.2) is 16.8 Å². The molecule has 0 saturated carbocycles. The first kappa shape index (κ1) is 71.4. The third kappa shape index (κ3) is 30.5. The van der Waals surface area contributed by atoms with Gasteiger partial charge in [-0.3, -0.25) is 0 Å². The molecule has 13 nitrogen and oxygen atoms in total. The molecule has 2 aromatic carbocycles. The van der Waals surface area contributed by atoms with Crippen LogP contribution in [0.1, 0.15) is 44.5 Å². The second-order valence-corrected chi connectivity index (χ2v) is 14.3. The fraction of sp³-hybridized carbons (Fsp3) is 0.480. The number of aromatic hydroxyl groups is 4. The summed E-state index contributed by atoms with van der Waals surface area (Å²) in [6.45, 7) is 6.19. The van der Waals surface area contributed by atoms with E-state index in [-0.39, 0.29) is 144 Å². The summed E-state index contributed by atoms with van der Waals surface area (Å²) < 4.78 is 162. The fourth-order valence-electron chi connectivity index (χ4n) is 2.74. The monoisotopic (exact) mass is 920 g/mol. The van der Waals surface area contributed by atoms with Crippen LogP contribution in [-0.2, 0) is 43.2 Å². The van der Waals surface area contributed by atoms with Crippen molar-refractivity contribution in [1.29, 1.82) is 0 Å². The maximum Gasteiger partial charge on any atom is 1.00 e. The van der Waals surface area contributed by atoms with Crippen molar-refractivity contribution in [3.63, 3.8) is 0 Å². The van der Waals surface area contributed by atoms with Gasteiger partial charge in [0.05, 0.1) is 30.0 Å². The number of thiol groups is 1. The van der Waals surface area contributed by atoms with E-state index in [1.807, 2.05) is 0 Å². The van der Waals surface area contributed by atoms with Crippen molar-refractivity contribution >= 4 is 67.0 Å². The largest absolute Gasteiger partial charge is 1.00 e. The second-order valence-electron chi connectivity index (χ2n) is 8.16. The summed E-state index contributed by atoms with van der Waals surface area (Å²) in [6, 6.07) is 1.38. The Kier molecular flexibility index (Phi) is 42.7. The maximum atomic E-state index is 13.2. The predicted molar refractivity (Wildman–Crippen MR) is 179 cm³/mol. The molecule has 0 fully saturated rings. The van der Waals surface area contributed by atoms with Gasteiger partial charge in [0.1, 0.15) is 34.1 Å². The van der Waals surface area contributed by atoms with E-state index >= 15 is 0 Å². The first-order valence-corrected chi connectivity index (χ1v) is 18.3. The van der Waals surface area contributed by atoms with Gasteiger partial charge < -0.3 is 36.5 Å². The van der Waals surface area contributed by atoms with E-state index in [4.69, 9.17) is 22.8 Å². The third-order valence-corrected chi connectivity index (χ3v) is 8.94. The number of alkyl halides is 6. The molecular weight excluding hydrogens is 884 g/mol. The molecule has 0 bridgehead atoms. The third-order valence-electron chi connectivity index (χ3n) is 4.66. The van der Waals surface area contributed by atoms with Gasteiger partial charge >= 0.3 is 112 Å². The molecule has 0 radical (unpaired) electrons. The minimum Gasteiger partial charge on any atom is -0.748 e. The molecular formula is C25H37F6Na3O13S6. The number of halogens is 6.